The Labute approximate surface area is 85.9 Å². The molecule has 0 aliphatic carbocycles. The number of hydrogen-bond donors (Lipinski definition) is 2. The molecule has 1 heterocycles. The van der Waals surface area contributed by atoms with E-state index in [4.69, 9.17) is 17.3 Å². The van der Waals surface area contributed by atoms with E-state index in [0.29, 0.717) is 21.8 Å². The van der Waals surface area contributed by atoms with E-state index in [-0.39, 0.29) is 5.78 Å². The number of carbonyl (C=O) groups is 1. The number of rotatable bonds is 1. The van der Waals surface area contributed by atoms with Crippen LogP contribution in [0.15, 0.2) is 18.2 Å². The van der Waals surface area contributed by atoms with Crippen LogP contribution in [-0.2, 0) is 0 Å². The molecule has 72 valence electrons. The Morgan fingerprint density at radius 2 is 2.21 bits per heavy atom. The minimum absolute atomic E-state index is 0.0816. The number of Topliss-reactive ketones (excluding diaryl/α,β-unsaturated/α-hetero) is 1. The summed E-state index contributed by atoms with van der Waals surface area (Å²) < 4.78 is 0. The lowest BCUT2D eigenvalue weighted by molar-refractivity contribution is 0.102. The molecular weight excluding hydrogens is 200 g/mol. The van der Waals surface area contributed by atoms with Gasteiger partial charge in [0.2, 0.25) is 0 Å². The van der Waals surface area contributed by atoms with Gasteiger partial charge in [-0.1, -0.05) is 17.7 Å². The largest absolute Gasteiger partial charge is 0.385 e. The highest BCUT2D eigenvalue weighted by Gasteiger charge is 2.15. The molecule has 1 aromatic heterocycles. The van der Waals surface area contributed by atoms with Gasteiger partial charge in [-0.2, -0.15) is 0 Å². The van der Waals surface area contributed by atoms with Crippen molar-refractivity contribution in [3.63, 3.8) is 0 Å². The van der Waals surface area contributed by atoms with E-state index in [0.717, 1.165) is 5.52 Å². The molecule has 0 atom stereocenters. The zero-order valence-electron chi connectivity index (χ0n) is 7.60. The molecule has 0 unspecified atom stereocenters. The summed E-state index contributed by atoms with van der Waals surface area (Å²) >= 11 is 5.99. The lowest BCUT2D eigenvalue weighted by atomic mass is 10.1. The van der Waals surface area contributed by atoms with Crippen molar-refractivity contribution in [3.8, 4) is 0 Å². The number of halogens is 1. The van der Waals surface area contributed by atoms with Crippen molar-refractivity contribution in [1.29, 1.82) is 0 Å². The fourth-order valence-corrected chi connectivity index (χ4v) is 1.86. The van der Waals surface area contributed by atoms with Crippen molar-refractivity contribution in [3.05, 3.63) is 28.8 Å². The van der Waals surface area contributed by atoms with Crippen LogP contribution in [0, 0.1) is 0 Å². The first-order chi connectivity index (χ1) is 6.61. The molecule has 0 fully saturated rings. The van der Waals surface area contributed by atoms with Crippen LogP contribution in [0.1, 0.15) is 17.3 Å². The predicted octanol–water partition coefficient (Wildman–Crippen LogP) is 2.61. The van der Waals surface area contributed by atoms with Crippen LogP contribution < -0.4 is 5.73 Å². The molecule has 0 radical (unpaired) electrons. The van der Waals surface area contributed by atoms with Crippen molar-refractivity contribution in [2.45, 2.75) is 6.92 Å². The summed E-state index contributed by atoms with van der Waals surface area (Å²) in [5.74, 6) is 0.294. The van der Waals surface area contributed by atoms with Gasteiger partial charge in [-0.25, -0.2) is 0 Å². The summed E-state index contributed by atoms with van der Waals surface area (Å²) in [5, 5.41) is 1.25. The fraction of sp³-hybridized carbons (Fsp3) is 0.100. The van der Waals surface area contributed by atoms with Crippen LogP contribution in [0.4, 0.5) is 5.82 Å². The van der Waals surface area contributed by atoms with Gasteiger partial charge in [0.05, 0.1) is 10.6 Å². The topological polar surface area (TPSA) is 58.9 Å². The zero-order valence-corrected chi connectivity index (χ0v) is 8.35. The van der Waals surface area contributed by atoms with E-state index in [1.165, 1.54) is 6.92 Å². The number of nitrogens with one attached hydrogen (secondary N) is 1. The highest BCUT2D eigenvalue weighted by Crippen LogP contribution is 2.30. The van der Waals surface area contributed by atoms with Gasteiger partial charge in [0.25, 0.3) is 0 Å². The number of fused-ring (bicyclic) bond motifs is 1. The van der Waals surface area contributed by atoms with E-state index >= 15 is 0 Å². The van der Waals surface area contributed by atoms with Crippen molar-refractivity contribution in [1.82, 2.24) is 4.98 Å². The van der Waals surface area contributed by atoms with Crippen molar-refractivity contribution in [2.24, 2.45) is 0 Å². The summed E-state index contributed by atoms with van der Waals surface area (Å²) in [6, 6.07) is 5.39. The molecule has 3 N–H and O–H groups in total. The van der Waals surface area contributed by atoms with E-state index in [1.807, 2.05) is 12.1 Å². The van der Waals surface area contributed by atoms with Gasteiger partial charge in [0.1, 0.15) is 5.82 Å². The minimum atomic E-state index is -0.0816. The standard InChI is InChI=1S/C10H9ClN2O/c1-5(14)8-9-6(11)3-2-4-7(9)13-10(8)12/h2-4,13H,12H2,1H3. The number of nitrogen functional groups attached to an aromatic ring is 1. The van der Waals surface area contributed by atoms with Gasteiger partial charge in [-0.3, -0.25) is 4.79 Å². The molecular formula is C10H9ClN2O. The zero-order chi connectivity index (χ0) is 10.3. The molecule has 0 aliphatic rings. The number of anilines is 1. The summed E-state index contributed by atoms with van der Waals surface area (Å²) in [6.45, 7) is 1.47. The number of carbonyl (C=O) groups excluding carboxylic acids is 1. The van der Waals surface area contributed by atoms with Crippen LogP contribution in [0.3, 0.4) is 0 Å². The third-order valence-electron chi connectivity index (χ3n) is 2.15. The second-order valence-corrected chi connectivity index (χ2v) is 3.54. The quantitative estimate of drug-likeness (QED) is 0.708. The number of aromatic nitrogens is 1. The number of hydrogen-bond acceptors (Lipinski definition) is 2. The molecule has 0 amide bonds. The van der Waals surface area contributed by atoms with Crippen molar-refractivity contribution >= 4 is 34.1 Å². The second kappa shape index (κ2) is 3.03. The lowest BCUT2D eigenvalue weighted by Crippen LogP contribution is -1.96. The van der Waals surface area contributed by atoms with E-state index < -0.39 is 0 Å². The van der Waals surface area contributed by atoms with E-state index in [1.54, 1.807) is 6.07 Å². The van der Waals surface area contributed by atoms with Crippen molar-refractivity contribution < 1.29 is 4.79 Å². The molecule has 0 spiro atoms. The molecule has 2 aromatic rings. The van der Waals surface area contributed by atoms with E-state index in [9.17, 15) is 4.79 Å². The number of nitrogens with two attached hydrogens (primary N) is 1. The van der Waals surface area contributed by atoms with Gasteiger partial charge >= 0.3 is 0 Å². The first kappa shape index (κ1) is 9.09. The van der Waals surface area contributed by atoms with Crippen LogP contribution in [0.5, 0.6) is 0 Å². The number of aromatic amines is 1. The molecule has 0 saturated heterocycles. The molecule has 0 bridgehead atoms. The molecule has 1 aromatic carbocycles. The summed E-state index contributed by atoms with van der Waals surface area (Å²) in [7, 11) is 0. The van der Waals surface area contributed by atoms with Crippen LogP contribution >= 0.6 is 11.6 Å². The highest BCUT2D eigenvalue weighted by molar-refractivity contribution is 6.37. The minimum Gasteiger partial charge on any atom is -0.385 e. The Morgan fingerprint density at radius 1 is 1.50 bits per heavy atom. The first-order valence-electron chi connectivity index (χ1n) is 4.18. The molecule has 0 aliphatic heterocycles. The van der Waals surface area contributed by atoms with Crippen molar-refractivity contribution in [2.75, 3.05) is 5.73 Å². The predicted molar refractivity (Wildman–Crippen MR) is 57.7 cm³/mol. The SMILES string of the molecule is CC(=O)c1c(N)[nH]c2cccc(Cl)c12. The maximum Gasteiger partial charge on any atom is 0.164 e. The Balaban J connectivity index is 2.93. The number of ketones is 1. The Kier molecular flexibility index (Phi) is 1.97. The van der Waals surface area contributed by atoms with E-state index in [2.05, 4.69) is 4.98 Å². The van der Waals surface area contributed by atoms with Crippen LogP contribution in [0.25, 0.3) is 10.9 Å². The first-order valence-corrected chi connectivity index (χ1v) is 4.55. The summed E-state index contributed by atoms with van der Waals surface area (Å²) in [4.78, 5) is 14.3. The number of benzene rings is 1. The third-order valence-corrected chi connectivity index (χ3v) is 2.47. The van der Waals surface area contributed by atoms with Gasteiger partial charge in [0, 0.05) is 10.9 Å². The monoisotopic (exact) mass is 208 g/mol. The molecule has 0 saturated carbocycles. The fourth-order valence-electron chi connectivity index (χ4n) is 1.59. The highest BCUT2D eigenvalue weighted by atomic mass is 35.5. The molecule has 2 rings (SSSR count). The second-order valence-electron chi connectivity index (χ2n) is 3.13. The maximum absolute atomic E-state index is 11.3. The van der Waals surface area contributed by atoms with Gasteiger partial charge in [0.15, 0.2) is 5.78 Å². The smallest absolute Gasteiger partial charge is 0.164 e. The van der Waals surface area contributed by atoms with Gasteiger partial charge in [-0.15, -0.1) is 0 Å². The normalized spacial score (nSPS) is 10.7. The van der Waals surface area contributed by atoms with Crippen LogP contribution in [-0.4, -0.2) is 10.8 Å². The summed E-state index contributed by atoms with van der Waals surface area (Å²) in [5.41, 5.74) is 6.96. The Bertz CT molecular complexity index is 516. The Hall–Kier alpha value is -1.48. The summed E-state index contributed by atoms with van der Waals surface area (Å²) in [6.07, 6.45) is 0. The average Bonchev–Trinajstić information content (AvgIpc) is 2.42. The molecule has 14 heavy (non-hydrogen) atoms. The van der Waals surface area contributed by atoms with Gasteiger partial charge < -0.3 is 10.7 Å². The van der Waals surface area contributed by atoms with Crippen LogP contribution in [0.2, 0.25) is 5.02 Å². The maximum atomic E-state index is 11.3. The third kappa shape index (κ3) is 1.17. The van der Waals surface area contributed by atoms with Gasteiger partial charge in [-0.05, 0) is 19.1 Å². The molecule has 4 heteroatoms. The molecule has 3 nitrogen and oxygen atoms in total. The Morgan fingerprint density at radius 3 is 2.86 bits per heavy atom. The lowest BCUT2D eigenvalue weighted by Gasteiger charge is -1.96. The average molecular weight is 209 g/mol. The number of H-pyrrole nitrogens is 1.